The first-order valence-electron chi connectivity index (χ1n) is 21.0. The smallest absolute Gasteiger partial charge is 0.161 e. The molecule has 0 aliphatic rings. The minimum absolute atomic E-state index is 0.647. The largest absolute Gasteiger partial charge is 0.456 e. The van der Waals surface area contributed by atoms with Crippen molar-refractivity contribution in [2.75, 3.05) is 0 Å². The molecule has 0 unspecified atom stereocenters. The normalized spacial score (nSPS) is 11.9. The van der Waals surface area contributed by atoms with Crippen molar-refractivity contribution in [1.82, 2.24) is 9.97 Å². The molecule has 0 fully saturated rings. The Morgan fingerprint density at radius 3 is 1.27 bits per heavy atom. The van der Waals surface area contributed by atoms with Gasteiger partial charge in [0.05, 0.1) is 11.4 Å². The van der Waals surface area contributed by atoms with Crippen LogP contribution in [0.25, 0.3) is 132 Å². The molecule has 0 aliphatic carbocycles. The average molecular weight is 791 g/mol. The number of fused-ring (bicyclic) bond motifs is 12. The van der Waals surface area contributed by atoms with E-state index in [4.69, 9.17) is 18.8 Å². The van der Waals surface area contributed by atoms with Gasteiger partial charge >= 0.3 is 0 Å². The van der Waals surface area contributed by atoms with Crippen molar-refractivity contribution in [3.63, 3.8) is 0 Å². The van der Waals surface area contributed by atoms with Crippen LogP contribution in [0, 0.1) is 0 Å². The fraction of sp³-hybridized carbons (Fsp3) is 0. The van der Waals surface area contributed by atoms with Gasteiger partial charge in [0, 0.05) is 38.2 Å². The Morgan fingerprint density at radius 2 is 0.694 bits per heavy atom. The van der Waals surface area contributed by atoms with Crippen molar-refractivity contribution < 1.29 is 8.83 Å². The lowest BCUT2D eigenvalue weighted by atomic mass is 9.91. The molecular weight excluding hydrogens is 757 g/mol. The number of rotatable bonds is 5. The fourth-order valence-electron chi connectivity index (χ4n) is 9.60. The van der Waals surface area contributed by atoms with Crippen LogP contribution in [0.1, 0.15) is 0 Å². The van der Waals surface area contributed by atoms with E-state index in [0.29, 0.717) is 5.82 Å². The monoisotopic (exact) mass is 790 g/mol. The molecule has 0 spiro atoms. The highest BCUT2D eigenvalue weighted by atomic mass is 16.3. The number of nitrogens with zero attached hydrogens (tertiary/aromatic N) is 2. The van der Waals surface area contributed by atoms with Crippen LogP contribution in [0.15, 0.2) is 215 Å². The molecule has 13 rings (SSSR count). The van der Waals surface area contributed by atoms with E-state index >= 15 is 0 Å². The summed E-state index contributed by atoms with van der Waals surface area (Å²) in [5.74, 6) is 0.647. The first-order valence-corrected chi connectivity index (χ1v) is 21.0. The number of aromatic nitrogens is 2. The van der Waals surface area contributed by atoms with Crippen molar-refractivity contribution in [1.29, 1.82) is 0 Å². The SMILES string of the molecule is c1ccc(-c2cc(-c3ccccc3)nc(-c3cccc4oc5ccc(-c6cccc7oc8ccc(-c9ccc%10c%11ccccc%11c%11ccccc%11c%10c9)cc8c67)cc5c34)n2)cc1. The van der Waals surface area contributed by atoms with E-state index in [-0.39, 0.29) is 0 Å². The molecule has 13 aromatic rings. The highest BCUT2D eigenvalue weighted by Crippen LogP contribution is 2.43. The summed E-state index contributed by atoms with van der Waals surface area (Å²) in [6, 6.07) is 72.6. The Labute approximate surface area is 356 Å². The fourth-order valence-corrected chi connectivity index (χ4v) is 9.60. The van der Waals surface area contributed by atoms with Gasteiger partial charge in [-0.15, -0.1) is 0 Å². The number of hydrogen-bond donors (Lipinski definition) is 0. The Balaban J connectivity index is 0.978. The Hall–Kier alpha value is -8.34. The van der Waals surface area contributed by atoms with Crippen molar-refractivity contribution >= 4 is 76.2 Å². The van der Waals surface area contributed by atoms with Crippen molar-refractivity contribution in [3.05, 3.63) is 206 Å². The first-order chi connectivity index (χ1) is 30.7. The van der Waals surface area contributed by atoms with E-state index < -0.39 is 0 Å². The average Bonchev–Trinajstić information content (AvgIpc) is 3.92. The molecule has 4 heteroatoms. The van der Waals surface area contributed by atoms with Gasteiger partial charge in [-0.1, -0.05) is 158 Å². The number of benzene rings is 10. The van der Waals surface area contributed by atoms with Gasteiger partial charge in [0.1, 0.15) is 22.3 Å². The van der Waals surface area contributed by atoms with Crippen LogP contribution in [-0.4, -0.2) is 9.97 Å². The van der Waals surface area contributed by atoms with Crippen LogP contribution in [0.4, 0.5) is 0 Å². The van der Waals surface area contributed by atoms with Gasteiger partial charge in [-0.3, -0.25) is 0 Å². The topological polar surface area (TPSA) is 52.1 Å². The van der Waals surface area contributed by atoms with Crippen molar-refractivity contribution in [2.45, 2.75) is 0 Å². The van der Waals surface area contributed by atoms with Gasteiger partial charge < -0.3 is 8.83 Å². The molecule has 0 bridgehead atoms. The molecule has 0 radical (unpaired) electrons. The van der Waals surface area contributed by atoms with Crippen LogP contribution < -0.4 is 0 Å². The Kier molecular flexibility index (Phi) is 7.57. The minimum Gasteiger partial charge on any atom is -0.456 e. The summed E-state index contributed by atoms with van der Waals surface area (Å²) in [5.41, 5.74) is 12.5. The zero-order valence-corrected chi connectivity index (χ0v) is 33.3. The molecular formula is C58H34N2O2. The van der Waals surface area contributed by atoms with Crippen LogP contribution in [0.2, 0.25) is 0 Å². The number of hydrogen-bond acceptors (Lipinski definition) is 4. The number of furan rings is 2. The van der Waals surface area contributed by atoms with Gasteiger partial charge in [-0.2, -0.15) is 0 Å². The third kappa shape index (κ3) is 5.40. The summed E-state index contributed by atoms with van der Waals surface area (Å²) in [4.78, 5) is 10.4. The molecule has 0 atom stereocenters. The molecule has 3 aromatic heterocycles. The van der Waals surface area contributed by atoms with Crippen LogP contribution in [0.3, 0.4) is 0 Å². The Bertz CT molecular complexity index is 3830. The summed E-state index contributed by atoms with van der Waals surface area (Å²) < 4.78 is 13.1. The molecule has 288 valence electrons. The maximum atomic E-state index is 6.56. The second-order valence-corrected chi connectivity index (χ2v) is 16.0. The lowest BCUT2D eigenvalue weighted by Crippen LogP contribution is -1.96. The van der Waals surface area contributed by atoms with E-state index in [1.807, 2.05) is 48.5 Å². The highest BCUT2D eigenvalue weighted by Gasteiger charge is 2.20. The second kappa shape index (κ2) is 13.6. The van der Waals surface area contributed by atoms with E-state index in [1.165, 1.54) is 37.9 Å². The molecule has 3 heterocycles. The minimum atomic E-state index is 0.647. The van der Waals surface area contributed by atoms with Crippen LogP contribution in [0.5, 0.6) is 0 Å². The molecule has 0 aliphatic heterocycles. The maximum Gasteiger partial charge on any atom is 0.161 e. The van der Waals surface area contributed by atoms with E-state index in [9.17, 15) is 0 Å². The summed E-state index contributed by atoms with van der Waals surface area (Å²) in [7, 11) is 0. The summed E-state index contributed by atoms with van der Waals surface area (Å²) in [6.45, 7) is 0. The zero-order chi connectivity index (χ0) is 40.7. The van der Waals surface area contributed by atoms with Gasteiger partial charge in [-0.25, -0.2) is 9.97 Å². The van der Waals surface area contributed by atoms with Crippen LogP contribution in [-0.2, 0) is 0 Å². The molecule has 0 amide bonds. The van der Waals surface area contributed by atoms with Crippen molar-refractivity contribution in [2.24, 2.45) is 0 Å². The summed E-state index contributed by atoms with van der Waals surface area (Å²) in [6.07, 6.45) is 0. The molecule has 0 saturated heterocycles. The lowest BCUT2D eigenvalue weighted by molar-refractivity contribution is 0.669. The predicted molar refractivity (Wildman–Crippen MR) is 256 cm³/mol. The third-order valence-corrected chi connectivity index (χ3v) is 12.5. The van der Waals surface area contributed by atoms with E-state index in [2.05, 4.69) is 158 Å². The summed E-state index contributed by atoms with van der Waals surface area (Å²) >= 11 is 0. The predicted octanol–water partition coefficient (Wildman–Crippen LogP) is 16.1. The Morgan fingerprint density at radius 1 is 0.258 bits per heavy atom. The lowest BCUT2D eigenvalue weighted by Gasteiger charge is -2.12. The van der Waals surface area contributed by atoms with Gasteiger partial charge in [0.25, 0.3) is 0 Å². The molecule has 62 heavy (non-hydrogen) atoms. The standard InChI is InChI=1S/C58H34N2O2/c1-3-13-35(14-4-1)50-34-51(36-15-5-2-6-16-36)60-58(59-50)46-22-12-24-55-57(46)49-33-39(27-30-53(49)62-55)40-21-11-23-54-56(40)48-32-38(26-29-52(48)61-54)37-25-28-45-43-19-8-7-17-41(43)42-18-9-10-20-44(42)47(45)31-37/h1-34H. The first kappa shape index (κ1) is 34.5. The highest BCUT2D eigenvalue weighted by molar-refractivity contribution is 6.26. The molecule has 0 N–H and O–H groups in total. The maximum absolute atomic E-state index is 6.56. The quantitative estimate of drug-likeness (QED) is 0.163. The zero-order valence-electron chi connectivity index (χ0n) is 33.3. The van der Waals surface area contributed by atoms with E-state index in [0.717, 1.165) is 88.6 Å². The summed E-state index contributed by atoms with van der Waals surface area (Å²) in [5, 5.41) is 11.7. The van der Waals surface area contributed by atoms with Gasteiger partial charge in [-0.05, 0) is 103 Å². The molecule has 4 nitrogen and oxygen atoms in total. The van der Waals surface area contributed by atoms with E-state index in [1.54, 1.807) is 0 Å². The molecule has 10 aromatic carbocycles. The van der Waals surface area contributed by atoms with Gasteiger partial charge in [0.2, 0.25) is 0 Å². The van der Waals surface area contributed by atoms with Gasteiger partial charge in [0.15, 0.2) is 5.82 Å². The van der Waals surface area contributed by atoms with Crippen LogP contribution >= 0.6 is 0 Å². The molecule has 0 saturated carbocycles. The van der Waals surface area contributed by atoms with Crippen molar-refractivity contribution in [3.8, 4) is 56.2 Å². The second-order valence-electron chi connectivity index (χ2n) is 16.0. The third-order valence-electron chi connectivity index (χ3n) is 12.5.